The third-order valence-corrected chi connectivity index (χ3v) is 2.32. The number of carbonyl (C=O) groups excluding carboxylic acids is 2. The zero-order valence-electron chi connectivity index (χ0n) is 7.60. The molecular formula is C10H7Cl2FO2. The van der Waals surface area contributed by atoms with Gasteiger partial charge in [0, 0.05) is 5.56 Å². The topological polar surface area (TPSA) is 34.1 Å². The molecule has 0 amide bonds. The fourth-order valence-electron chi connectivity index (χ4n) is 1.06. The molecule has 0 saturated heterocycles. The molecule has 1 rings (SSSR count). The molecule has 1 aromatic rings. The highest BCUT2D eigenvalue weighted by atomic mass is 35.5. The Bertz CT molecular complexity index is 404. The van der Waals surface area contributed by atoms with E-state index in [2.05, 4.69) is 0 Å². The predicted octanol–water partition coefficient (Wildman–Crippen LogP) is 2.67. The Kier molecular flexibility index (Phi) is 4.24. The lowest BCUT2D eigenvalue weighted by Crippen LogP contribution is -2.07. The van der Waals surface area contributed by atoms with E-state index in [1.165, 1.54) is 12.1 Å². The van der Waals surface area contributed by atoms with Crippen LogP contribution < -0.4 is 0 Å². The number of hydrogen-bond donors (Lipinski definition) is 0. The Hall–Kier alpha value is -0.930. The number of ketones is 2. The molecule has 0 bridgehead atoms. The highest BCUT2D eigenvalue weighted by Crippen LogP contribution is 2.13. The van der Waals surface area contributed by atoms with E-state index < -0.39 is 11.6 Å². The number of benzene rings is 1. The van der Waals surface area contributed by atoms with E-state index in [1.807, 2.05) is 0 Å². The van der Waals surface area contributed by atoms with Crippen molar-refractivity contribution in [1.29, 1.82) is 0 Å². The second kappa shape index (κ2) is 5.24. The van der Waals surface area contributed by atoms with Crippen molar-refractivity contribution in [2.24, 2.45) is 0 Å². The van der Waals surface area contributed by atoms with E-state index in [1.54, 1.807) is 0 Å². The lowest BCUT2D eigenvalue weighted by Gasteiger charge is -2.02. The maximum atomic E-state index is 13.2. The first-order valence-electron chi connectivity index (χ1n) is 4.08. The summed E-state index contributed by atoms with van der Waals surface area (Å²) >= 11 is 10.6. The van der Waals surface area contributed by atoms with Crippen molar-refractivity contribution in [3.05, 3.63) is 35.1 Å². The van der Waals surface area contributed by atoms with E-state index in [-0.39, 0.29) is 28.7 Å². The van der Waals surface area contributed by atoms with Crippen molar-refractivity contribution in [2.75, 3.05) is 11.8 Å². The molecule has 2 nitrogen and oxygen atoms in total. The van der Waals surface area contributed by atoms with E-state index in [4.69, 9.17) is 23.2 Å². The maximum absolute atomic E-state index is 13.2. The zero-order valence-corrected chi connectivity index (χ0v) is 9.11. The van der Waals surface area contributed by atoms with E-state index in [0.717, 1.165) is 6.07 Å². The Morgan fingerprint density at radius 3 is 2.27 bits per heavy atom. The molecule has 0 fully saturated rings. The van der Waals surface area contributed by atoms with Crippen LogP contribution in [0.15, 0.2) is 18.2 Å². The summed E-state index contributed by atoms with van der Waals surface area (Å²) in [7, 11) is 0. The van der Waals surface area contributed by atoms with Crippen molar-refractivity contribution < 1.29 is 14.0 Å². The van der Waals surface area contributed by atoms with E-state index in [9.17, 15) is 14.0 Å². The fourth-order valence-corrected chi connectivity index (χ4v) is 1.36. The molecular weight excluding hydrogens is 242 g/mol. The van der Waals surface area contributed by atoms with Crippen LogP contribution in [0.5, 0.6) is 0 Å². The number of rotatable bonds is 4. The number of halogens is 3. The minimum atomic E-state index is -0.688. The second-order valence-corrected chi connectivity index (χ2v) is 3.34. The second-order valence-electron chi connectivity index (χ2n) is 2.81. The largest absolute Gasteiger partial charge is 0.293 e. The molecule has 0 heterocycles. The lowest BCUT2D eigenvalue weighted by atomic mass is 10.1. The number of alkyl halides is 2. The highest BCUT2D eigenvalue weighted by Gasteiger charge is 2.13. The summed E-state index contributed by atoms with van der Waals surface area (Å²) in [5.74, 6) is -2.14. The van der Waals surface area contributed by atoms with Gasteiger partial charge < -0.3 is 0 Å². The first-order chi connectivity index (χ1) is 7.10. The smallest absolute Gasteiger partial charge is 0.180 e. The molecule has 0 aliphatic heterocycles. The van der Waals surface area contributed by atoms with Crippen molar-refractivity contribution >= 4 is 34.8 Å². The molecule has 80 valence electrons. The standard InChI is InChI=1S/C10H7Cl2FO2/c11-4-9(14)6-1-2-8(13)7(3-6)10(15)5-12/h1-3H,4-5H2. The lowest BCUT2D eigenvalue weighted by molar-refractivity contribution is 0.101. The summed E-state index contributed by atoms with van der Waals surface area (Å²) in [5, 5.41) is 0. The van der Waals surface area contributed by atoms with Crippen LogP contribution in [0, 0.1) is 5.82 Å². The van der Waals surface area contributed by atoms with Gasteiger partial charge in [-0.05, 0) is 18.2 Å². The molecule has 0 N–H and O–H groups in total. The fraction of sp³-hybridized carbons (Fsp3) is 0.200. The van der Waals surface area contributed by atoms with Gasteiger partial charge in [0.05, 0.1) is 17.3 Å². The predicted molar refractivity (Wildman–Crippen MR) is 56.5 cm³/mol. The molecule has 0 saturated carbocycles. The molecule has 0 aromatic heterocycles. The maximum Gasteiger partial charge on any atom is 0.180 e. The van der Waals surface area contributed by atoms with Crippen LogP contribution in [0.25, 0.3) is 0 Å². The average Bonchev–Trinajstić information content (AvgIpc) is 2.27. The third kappa shape index (κ3) is 2.76. The van der Waals surface area contributed by atoms with Crippen molar-refractivity contribution in [3.63, 3.8) is 0 Å². The first-order valence-corrected chi connectivity index (χ1v) is 5.15. The Morgan fingerprint density at radius 2 is 1.73 bits per heavy atom. The van der Waals surface area contributed by atoms with Crippen molar-refractivity contribution in [2.45, 2.75) is 0 Å². The summed E-state index contributed by atoms with van der Waals surface area (Å²) in [5.41, 5.74) is 0.0285. The monoisotopic (exact) mass is 248 g/mol. The van der Waals surface area contributed by atoms with Crippen LogP contribution in [0.3, 0.4) is 0 Å². The minimum Gasteiger partial charge on any atom is -0.293 e. The minimum absolute atomic E-state index is 0.180. The van der Waals surface area contributed by atoms with Gasteiger partial charge in [-0.2, -0.15) is 0 Å². The molecule has 5 heteroatoms. The third-order valence-electron chi connectivity index (χ3n) is 1.83. The molecule has 0 unspecified atom stereocenters. The summed E-state index contributed by atoms with van der Waals surface area (Å²) in [4.78, 5) is 22.4. The SMILES string of the molecule is O=C(CCl)c1ccc(F)c(C(=O)CCl)c1. The summed E-state index contributed by atoms with van der Waals surface area (Å²) in [6, 6.07) is 3.51. The van der Waals surface area contributed by atoms with Gasteiger partial charge in [-0.1, -0.05) is 0 Å². The van der Waals surface area contributed by atoms with Crippen molar-refractivity contribution in [3.8, 4) is 0 Å². The summed E-state index contributed by atoms with van der Waals surface area (Å²) in [6.45, 7) is 0. The molecule has 0 aliphatic carbocycles. The summed E-state index contributed by atoms with van der Waals surface area (Å²) < 4.78 is 13.2. The van der Waals surface area contributed by atoms with Gasteiger partial charge >= 0.3 is 0 Å². The van der Waals surface area contributed by atoms with Gasteiger partial charge in [-0.3, -0.25) is 9.59 Å². The van der Waals surface area contributed by atoms with Gasteiger partial charge in [0.1, 0.15) is 5.82 Å². The molecule has 1 aromatic carbocycles. The van der Waals surface area contributed by atoms with Crippen molar-refractivity contribution in [1.82, 2.24) is 0 Å². The highest BCUT2D eigenvalue weighted by molar-refractivity contribution is 6.31. The Labute approximate surface area is 96.0 Å². The molecule has 0 aliphatic rings. The zero-order chi connectivity index (χ0) is 11.4. The average molecular weight is 249 g/mol. The van der Waals surface area contributed by atoms with Crippen LogP contribution in [0.4, 0.5) is 4.39 Å². The first kappa shape index (κ1) is 12.1. The van der Waals surface area contributed by atoms with Crippen LogP contribution in [0.1, 0.15) is 20.7 Å². The Morgan fingerprint density at radius 1 is 1.13 bits per heavy atom. The molecule has 0 spiro atoms. The Balaban J connectivity index is 3.16. The van der Waals surface area contributed by atoms with Gasteiger partial charge in [0.2, 0.25) is 0 Å². The van der Waals surface area contributed by atoms with E-state index in [0.29, 0.717) is 0 Å². The molecule has 0 radical (unpaired) electrons. The van der Waals surface area contributed by atoms with Crippen LogP contribution >= 0.6 is 23.2 Å². The summed E-state index contributed by atoms with van der Waals surface area (Å²) in [6.07, 6.45) is 0. The normalized spacial score (nSPS) is 10.1. The quantitative estimate of drug-likeness (QED) is 0.607. The molecule has 0 atom stereocenters. The molecule has 15 heavy (non-hydrogen) atoms. The van der Waals surface area contributed by atoms with Crippen LogP contribution in [-0.2, 0) is 0 Å². The number of carbonyl (C=O) groups is 2. The number of hydrogen-bond acceptors (Lipinski definition) is 2. The van der Waals surface area contributed by atoms with Crippen LogP contribution in [-0.4, -0.2) is 23.3 Å². The van der Waals surface area contributed by atoms with Gasteiger partial charge in [0.25, 0.3) is 0 Å². The van der Waals surface area contributed by atoms with Gasteiger partial charge in [-0.15, -0.1) is 23.2 Å². The van der Waals surface area contributed by atoms with E-state index >= 15 is 0 Å². The van der Waals surface area contributed by atoms with Gasteiger partial charge in [0.15, 0.2) is 11.6 Å². The number of Topliss-reactive ketones (excluding diaryl/α,β-unsaturated/α-hetero) is 2. The van der Waals surface area contributed by atoms with Gasteiger partial charge in [-0.25, -0.2) is 4.39 Å². The van der Waals surface area contributed by atoms with Crippen LogP contribution in [0.2, 0.25) is 0 Å².